The molecule has 0 amide bonds. The van der Waals surface area contributed by atoms with E-state index in [-0.39, 0.29) is 16.7 Å². The van der Waals surface area contributed by atoms with E-state index in [1.54, 1.807) is 0 Å². The first-order valence-electron chi connectivity index (χ1n) is 26.7. The Bertz CT molecular complexity index is 2810. The first-order chi connectivity index (χ1) is 33.6. The van der Waals surface area contributed by atoms with Gasteiger partial charge in [-0.3, -0.25) is 0 Å². The molecule has 3 aromatic carbocycles. The molecule has 0 spiro atoms. The zero-order valence-electron chi connectivity index (χ0n) is 41.2. The van der Waals surface area contributed by atoms with E-state index < -0.39 is 34.5 Å². The predicted octanol–water partition coefficient (Wildman–Crippen LogP) is 12.1. The van der Waals surface area contributed by atoms with Gasteiger partial charge in [-0.1, -0.05) is 56.7 Å². The monoisotopic (exact) mass is 940 g/mol. The quantitative estimate of drug-likeness (QED) is 0.151. The highest BCUT2D eigenvalue weighted by molar-refractivity contribution is 5.68. The van der Waals surface area contributed by atoms with E-state index in [1.165, 1.54) is 33.4 Å². The molecular weight excluding hydrogens is 873 g/mol. The van der Waals surface area contributed by atoms with Gasteiger partial charge in [0.15, 0.2) is 5.60 Å². The summed E-state index contributed by atoms with van der Waals surface area (Å²) < 4.78 is 24.0. The van der Waals surface area contributed by atoms with Crippen LogP contribution in [0.2, 0.25) is 0 Å². The number of ether oxygens (including phenoxy) is 4. The lowest BCUT2D eigenvalue weighted by Crippen LogP contribution is -2.52. The summed E-state index contributed by atoms with van der Waals surface area (Å²) in [4.78, 5) is 27.0. The van der Waals surface area contributed by atoms with E-state index in [9.17, 15) is 19.8 Å². The van der Waals surface area contributed by atoms with Crippen molar-refractivity contribution in [3.05, 3.63) is 88.0 Å². The fraction of sp³-hybridized carbons (Fsp3) is 0.581. The smallest absolute Gasteiger partial charge is 0.414 e. The van der Waals surface area contributed by atoms with Gasteiger partial charge in [0.05, 0.1) is 0 Å². The molecule has 2 N–H and O–H groups in total. The number of aryl methyl sites for hydroxylation is 3. The van der Waals surface area contributed by atoms with Crippen LogP contribution >= 0.6 is 0 Å². The van der Waals surface area contributed by atoms with Gasteiger partial charge in [-0.25, -0.2) is 9.59 Å². The Hall–Kier alpha value is -5.20. The molecule has 0 saturated heterocycles. The van der Waals surface area contributed by atoms with E-state index >= 15 is 0 Å². The van der Waals surface area contributed by atoms with E-state index in [0.29, 0.717) is 83.9 Å². The van der Waals surface area contributed by atoms with Crippen LogP contribution in [0.3, 0.4) is 0 Å². The molecule has 8 nitrogen and oxygen atoms in total. The molecule has 0 heterocycles. The summed E-state index contributed by atoms with van der Waals surface area (Å²) in [5.41, 5.74) is 3.61. The van der Waals surface area contributed by atoms with Crippen molar-refractivity contribution in [1.29, 1.82) is 0 Å². The maximum Gasteiger partial charge on any atom is 0.519 e. The van der Waals surface area contributed by atoms with E-state index in [4.69, 9.17) is 38.2 Å². The zero-order chi connectivity index (χ0) is 48.6. The maximum atomic E-state index is 13.8. The Balaban J connectivity index is 0.671. The lowest BCUT2D eigenvalue weighted by atomic mass is 9.53. The Labute approximate surface area is 414 Å². The minimum Gasteiger partial charge on any atom is -0.414 e. The number of aliphatic hydroxyl groups is 2. The topological polar surface area (TPSA) is 112 Å². The second-order valence-corrected chi connectivity index (χ2v) is 24.2. The van der Waals surface area contributed by atoms with Crippen LogP contribution in [0.4, 0.5) is 9.59 Å². The Morgan fingerprint density at radius 1 is 0.486 bits per heavy atom. The number of carbonyl (C=O) groups is 2. The van der Waals surface area contributed by atoms with Gasteiger partial charge in [-0.2, -0.15) is 0 Å². The fourth-order valence-corrected chi connectivity index (χ4v) is 18.3. The third-order valence-electron chi connectivity index (χ3n) is 22.1. The van der Waals surface area contributed by atoms with Crippen molar-refractivity contribution in [2.75, 3.05) is 0 Å². The summed E-state index contributed by atoms with van der Waals surface area (Å²) in [6.07, 6.45) is 32.6. The lowest BCUT2D eigenvalue weighted by molar-refractivity contribution is -0.0825. The molecule has 15 atom stereocenters. The molecule has 364 valence electrons. The van der Waals surface area contributed by atoms with Crippen LogP contribution in [-0.4, -0.2) is 39.3 Å². The van der Waals surface area contributed by atoms with Crippen molar-refractivity contribution >= 4 is 12.3 Å². The van der Waals surface area contributed by atoms with Crippen molar-refractivity contribution < 1.29 is 38.7 Å². The number of terminal acetylenes is 3. The highest BCUT2D eigenvalue weighted by Gasteiger charge is 2.65. The molecular formula is C62H68O8. The van der Waals surface area contributed by atoms with Crippen LogP contribution in [-0.2, 0) is 24.0 Å². The normalized spacial score (nSPS) is 41.3. The van der Waals surface area contributed by atoms with E-state index in [2.05, 4.69) is 56.7 Å². The summed E-state index contributed by atoms with van der Waals surface area (Å²) in [5.74, 6) is 13.6. The van der Waals surface area contributed by atoms with Crippen LogP contribution in [0.1, 0.15) is 168 Å². The molecule has 0 aliphatic heterocycles. The number of carbonyl (C=O) groups excluding carboxylic acids is 2. The Kier molecular flexibility index (Phi) is 10.6. The second-order valence-electron chi connectivity index (χ2n) is 24.2. The summed E-state index contributed by atoms with van der Waals surface area (Å²) in [5, 5.41) is 22.7. The van der Waals surface area contributed by atoms with Crippen LogP contribution < -0.4 is 14.2 Å². The Morgan fingerprint density at radius 3 is 1.26 bits per heavy atom. The van der Waals surface area contributed by atoms with Crippen molar-refractivity contribution in [1.82, 2.24) is 0 Å². The molecule has 8 heteroatoms. The summed E-state index contributed by atoms with van der Waals surface area (Å²) in [6, 6.07) is 18.1. The third-order valence-corrected chi connectivity index (χ3v) is 22.1. The molecule has 0 radical (unpaired) electrons. The minimum absolute atomic E-state index is 0.240. The van der Waals surface area contributed by atoms with Gasteiger partial charge in [0.1, 0.15) is 28.5 Å². The van der Waals surface area contributed by atoms with Gasteiger partial charge >= 0.3 is 12.3 Å². The molecule has 70 heavy (non-hydrogen) atoms. The molecule has 0 bridgehead atoms. The molecule has 12 rings (SSSR count). The third kappa shape index (κ3) is 6.52. The number of hydrogen-bond donors (Lipinski definition) is 2. The molecule has 6 unspecified atom stereocenters. The zero-order valence-corrected chi connectivity index (χ0v) is 41.2. The van der Waals surface area contributed by atoms with Crippen LogP contribution in [0.15, 0.2) is 54.6 Å². The molecule has 6 fully saturated rings. The van der Waals surface area contributed by atoms with Crippen molar-refractivity contribution in [2.24, 2.45) is 51.8 Å². The van der Waals surface area contributed by atoms with Gasteiger partial charge in [0.25, 0.3) is 0 Å². The molecule has 9 aliphatic rings. The average Bonchev–Trinajstić information content (AvgIpc) is 3.93. The predicted molar refractivity (Wildman–Crippen MR) is 266 cm³/mol. The van der Waals surface area contributed by atoms with E-state index in [0.717, 1.165) is 96.3 Å². The standard InChI is InChI=1S/C62H68O8/c1-7-60(65)31-25-52-49-16-10-37-34-40(13-19-43(37)46(49)22-28-57(52,60)4)67-55(63)68-41-14-20-45-38(35-41)12-18-51-48(45)24-30-59(6)54(51)27-33-62(59,9-3)70-56(64)69-42-15-21-44-39(36-42)11-17-50-47(44)23-29-58(5)53(50)26-32-61(58,66)8-2/h1-3,13-15,19-21,34-36,46-54,65-66H,10-12,16-18,22-33H2,4-6H3/t46?,47?,48-,49?,50?,51-,52?,53?,54+,57+,58+,59+,60+,61+,62+/m1/s1. The van der Waals surface area contributed by atoms with Crippen molar-refractivity contribution in [2.45, 2.75) is 171 Å². The molecule has 0 aromatic heterocycles. The minimum atomic E-state index is -1.07. The average molecular weight is 941 g/mol. The first-order valence-corrected chi connectivity index (χ1v) is 26.7. The summed E-state index contributed by atoms with van der Waals surface area (Å²) in [7, 11) is 0. The number of benzene rings is 3. The van der Waals surface area contributed by atoms with Crippen LogP contribution in [0.5, 0.6) is 17.2 Å². The SMILES string of the molecule is C#C[C@]1(O)CCC2C3CCc4cc(OC(=O)Oc5ccc6c(c5)CC[C@@H]5[C@@H]6CC[C@@]6(C)[C@H]5CC[C@]6(C#C)OC(=O)Oc5ccc6c(c5)CCC5C6CC[C@@]6(C)C5CC[C@@]6(O)C#C)ccc4C3CC[C@@]21C. The van der Waals surface area contributed by atoms with Crippen molar-refractivity contribution in [3.63, 3.8) is 0 Å². The largest absolute Gasteiger partial charge is 0.519 e. The maximum absolute atomic E-state index is 13.8. The van der Waals surface area contributed by atoms with Crippen LogP contribution in [0.25, 0.3) is 0 Å². The van der Waals surface area contributed by atoms with Gasteiger partial charge in [-0.05, 0) is 239 Å². The molecule has 3 aromatic rings. The second kappa shape index (κ2) is 16.2. The fourth-order valence-electron chi connectivity index (χ4n) is 18.3. The first kappa shape index (κ1) is 45.9. The highest BCUT2D eigenvalue weighted by Crippen LogP contribution is 2.67. The van der Waals surface area contributed by atoms with Crippen LogP contribution in [0, 0.1) is 88.8 Å². The number of fused-ring (bicyclic) bond motifs is 15. The Morgan fingerprint density at radius 2 is 0.857 bits per heavy atom. The highest BCUT2D eigenvalue weighted by atomic mass is 16.7. The number of rotatable bonds is 4. The van der Waals surface area contributed by atoms with Gasteiger partial charge in [-0.15, -0.1) is 19.3 Å². The summed E-state index contributed by atoms with van der Waals surface area (Å²) >= 11 is 0. The van der Waals surface area contributed by atoms with Gasteiger partial charge < -0.3 is 29.2 Å². The van der Waals surface area contributed by atoms with Gasteiger partial charge in [0, 0.05) is 16.2 Å². The van der Waals surface area contributed by atoms with Gasteiger partial charge in [0.2, 0.25) is 0 Å². The van der Waals surface area contributed by atoms with Crippen molar-refractivity contribution in [3.8, 4) is 54.3 Å². The van der Waals surface area contributed by atoms with E-state index in [1.807, 2.05) is 36.4 Å². The summed E-state index contributed by atoms with van der Waals surface area (Å²) in [6.45, 7) is 6.64. The number of hydrogen-bond acceptors (Lipinski definition) is 8. The molecule has 9 aliphatic carbocycles. The molecule has 6 saturated carbocycles. The lowest BCUT2D eigenvalue weighted by Gasteiger charge is -2.52.